The number of carbonyl (C=O) groups is 1. The molecule has 0 spiro atoms. The zero-order valence-electron chi connectivity index (χ0n) is 15.9. The first-order valence-corrected chi connectivity index (χ1v) is 9.26. The summed E-state index contributed by atoms with van der Waals surface area (Å²) in [7, 11) is 0. The predicted molar refractivity (Wildman–Crippen MR) is 107 cm³/mol. The molecule has 148 valence electrons. The Morgan fingerprint density at radius 3 is 2.56 bits per heavy atom. The maximum atomic E-state index is 11.0. The van der Waals surface area contributed by atoms with Crippen molar-refractivity contribution in [2.24, 2.45) is 0 Å². The van der Waals surface area contributed by atoms with Crippen LogP contribution in [0.25, 0.3) is 11.5 Å². The van der Waals surface area contributed by atoms with Crippen LogP contribution >= 0.6 is 12.4 Å². The number of rotatable bonds is 7. The van der Waals surface area contributed by atoms with E-state index in [0.29, 0.717) is 11.9 Å². The lowest BCUT2D eigenvalue weighted by atomic mass is 10.0. The average Bonchev–Trinajstić information content (AvgIpc) is 3.01. The summed E-state index contributed by atoms with van der Waals surface area (Å²) in [6, 6.07) is 10.3. The molecule has 1 aromatic heterocycles. The summed E-state index contributed by atoms with van der Waals surface area (Å²) in [6.07, 6.45) is 1.98. The molecule has 0 bridgehead atoms. The first-order chi connectivity index (χ1) is 12.6. The molecule has 3 rings (SSSR count). The number of halogens is 1. The highest BCUT2D eigenvalue weighted by Gasteiger charge is 2.26. The molecule has 0 atom stereocenters. The Morgan fingerprint density at radius 1 is 1.30 bits per heavy atom. The fraction of sp³-hybridized carbons (Fsp3) is 0.500. The second-order valence-electron chi connectivity index (χ2n) is 6.85. The van der Waals surface area contributed by atoms with E-state index in [1.54, 1.807) is 0 Å². The molecular weight excluding hydrogens is 366 g/mol. The number of aromatic nitrogens is 1. The van der Waals surface area contributed by atoms with Crippen LogP contribution in [-0.4, -0.2) is 58.1 Å². The maximum absolute atomic E-state index is 11.0. The van der Waals surface area contributed by atoms with E-state index in [4.69, 9.17) is 9.52 Å². The molecule has 0 saturated carbocycles. The van der Waals surface area contributed by atoms with E-state index in [2.05, 4.69) is 14.8 Å². The summed E-state index contributed by atoms with van der Waals surface area (Å²) >= 11 is 0. The third-order valence-corrected chi connectivity index (χ3v) is 5.10. The molecule has 6 nitrogen and oxygen atoms in total. The van der Waals surface area contributed by atoms with Crippen molar-refractivity contribution in [3.63, 3.8) is 0 Å². The number of carboxylic acid groups (broad SMARTS) is 1. The molecule has 1 N–H and O–H groups in total. The zero-order chi connectivity index (χ0) is 18.5. The molecule has 27 heavy (non-hydrogen) atoms. The number of carboxylic acids is 1. The Bertz CT molecular complexity index is 727. The highest BCUT2D eigenvalue weighted by atomic mass is 35.5. The smallest absolute Gasteiger partial charge is 0.317 e. The Morgan fingerprint density at radius 2 is 1.96 bits per heavy atom. The minimum atomic E-state index is -0.749. The van der Waals surface area contributed by atoms with Gasteiger partial charge in [-0.2, -0.15) is 0 Å². The summed E-state index contributed by atoms with van der Waals surface area (Å²) in [4.78, 5) is 20.1. The summed E-state index contributed by atoms with van der Waals surface area (Å²) in [6.45, 7) is 7.58. The highest BCUT2D eigenvalue weighted by Crippen LogP contribution is 2.24. The Labute approximate surface area is 166 Å². The Hall–Kier alpha value is -1.89. The number of hydrogen-bond donors (Lipinski definition) is 1. The van der Waals surface area contributed by atoms with Crippen LogP contribution in [0.5, 0.6) is 0 Å². The van der Waals surface area contributed by atoms with Gasteiger partial charge in [0.25, 0.3) is 0 Å². The van der Waals surface area contributed by atoms with Crippen molar-refractivity contribution in [1.29, 1.82) is 0 Å². The van der Waals surface area contributed by atoms with Crippen LogP contribution in [0, 0.1) is 6.92 Å². The number of nitrogens with zero attached hydrogens (tertiary/aromatic N) is 3. The van der Waals surface area contributed by atoms with Gasteiger partial charge in [0.15, 0.2) is 0 Å². The molecular formula is C20H28ClN3O3. The van der Waals surface area contributed by atoms with E-state index >= 15 is 0 Å². The van der Waals surface area contributed by atoms with E-state index in [1.807, 2.05) is 44.2 Å². The van der Waals surface area contributed by atoms with Gasteiger partial charge in [0.1, 0.15) is 5.76 Å². The van der Waals surface area contributed by atoms with Crippen molar-refractivity contribution in [2.45, 2.75) is 39.3 Å². The van der Waals surface area contributed by atoms with Gasteiger partial charge in [-0.1, -0.05) is 25.1 Å². The van der Waals surface area contributed by atoms with Gasteiger partial charge >= 0.3 is 5.97 Å². The zero-order valence-corrected chi connectivity index (χ0v) is 16.7. The predicted octanol–water partition coefficient (Wildman–Crippen LogP) is 3.44. The third-order valence-electron chi connectivity index (χ3n) is 5.10. The molecule has 0 radical (unpaired) electrons. The Kier molecular flexibility index (Phi) is 7.83. The lowest BCUT2D eigenvalue weighted by Gasteiger charge is -2.37. The van der Waals surface area contributed by atoms with Crippen LogP contribution in [0.15, 0.2) is 34.7 Å². The standard InChI is InChI=1S/C20H27N3O3.ClH/c1-3-23(14-19(24)25)17-9-11-22(12-10-17)13-18-15(2)26-20(21-18)16-7-5-4-6-8-16;/h4-8,17H,3,9-14H2,1-2H3,(H,24,25);1H. The van der Waals surface area contributed by atoms with Gasteiger partial charge in [-0.25, -0.2) is 4.98 Å². The van der Waals surface area contributed by atoms with Crippen LogP contribution in [0.3, 0.4) is 0 Å². The number of piperidine rings is 1. The van der Waals surface area contributed by atoms with Gasteiger partial charge in [-0.3, -0.25) is 14.6 Å². The molecule has 2 heterocycles. The van der Waals surface area contributed by atoms with Crippen LogP contribution < -0.4 is 0 Å². The van der Waals surface area contributed by atoms with Crippen LogP contribution in [-0.2, 0) is 11.3 Å². The van der Waals surface area contributed by atoms with Crippen LogP contribution in [0.4, 0.5) is 0 Å². The SMILES string of the molecule is CCN(CC(=O)O)C1CCN(Cc2nc(-c3ccccc3)oc2C)CC1.Cl. The van der Waals surface area contributed by atoms with Gasteiger partial charge in [0.2, 0.25) is 5.89 Å². The number of hydrogen-bond acceptors (Lipinski definition) is 5. The summed E-state index contributed by atoms with van der Waals surface area (Å²) in [5.74, 6) is 0.791. The molecule has 1 aliphatic heterocycles. The van der Waals surface area contributed by atoms with E-state index in [0.717, 1.165) is 56.0 Å². The van der Waals surface area contributed by atoms with Gasteiger partial charge in [0, 0.05) is 31.2 Å². The number of aliphatic carboxylic acids is 1. The molecule has 1 aliphatic rings. The number of likely N-dealkylation sites (N-methyl/N-ethyl adjacent to an activating group) is 1. The lowest BCUT2D eigenvalue weighted by Crippen LogP contribution is -2.46. The van der Waals surface area contributed by atoms with Gasteiger partial charge in [-0.15, -0.1) is 12.4 Å². The van der Waals surface area contributed by atoms with Crippen molar-refractivity contribution in [3.05, 3.63) is 41.8 Å². The fourth-order valence-corrected chi connectivity index (χ4v) is 3.61. The number of oxazole rings is 1. The van der Waals surface area contributed by atoms with Crippen LogP contribution in [0.1, 0.15) is 31.2 Å². The van der Waals surface area contributed by atoms with E-state index in [9.17, 15) is 4.79 Å². The molecule has 0 aliphatic carbocycles. The second kappa shape index (κ2) is 9.88. The van der Waals surface area contributed by atoms with Crippen molar-refractivity contribution < 1.29 is 14.3 Å². The number of benzene rings is 1. The third kappa shape index (κ3) is 5.54. The van der Waals surface area contributed by atoms with Crippen molar-refractivity contribution in [1.82, 2.24) is 14.8 Å². The quantitative estimate of drug-likeness (QED) is 0.777. The second-order valence-corrected chi connectivity index (χ2v) is 6.85. The Balaban J connectivity index is 0.00000261. The first-order valence-electron chi connectivity index (χ1n) is 9.26. The van der Waals surface area contributed by atoms with Gasteiger partial charge in [-0.05, 0) is 38.4 Å². The summed E-state index contributed by atoms with van der Waals surface area (Å²) < 4.78 is 5.85. The molecule has 0 unspecified atom stereocenters. The van der Waals surface area contributed by atoms with Crippen molar-refractivity contribution in [3.8, 4) is 11.5 Å². The van der Waals surface area contributed by atoms with Crippen molar-refractivity contribution >= 4 is 18.4 Å². The normalized spacial score (nSPS) is 15.7. The molecule has 0 amide bonds. The summed E-state index contributed by atoms with van der Waals surface area (Å²) in [5.41, 5.74) is 1.98. The molecule has 1 saturated heterocycles. The first kappa shape index (κ1) is 21.4. The van der Waals surface area contributed by atoms with Crippen LogP contribution in [0.2, 0.25) is 0 Å². The van der Waals surface area contributed by atoms with Gasteiger partial charge < -0.3 is 9.52 Å². The topological polar surface area (TPSA) is 69.8 Å². The monoisotopic (exact) mass is 393 g/mol. The largest absolute Gasteiger partial charge is 0.480 e. The fourth-order valence-electron chi connectivity index (χ4n) is 3.61. The maximum Gasteiger partial charge on any atom is 0.317 e. The number of likely N-dealkylation sites (tertiary alicyclic amines) is 1. The molecule has 1 aromatic carbocycles. The number of aryl methyl sites for hydroxylation is 1. The van der Waals surface area contributed by atoms with E-state index in [1.165, 1.54) is 0 Å². The molecule has 1 fully saturated rings. The average molecular weight is 394 g/mol. The molecule has 7 heteroatoms. The van der Waals surface area contributed by atoms with E-state index in [-0.39, 0.29) is 19.0 Å². The van der Waals surface area contributed by atoms with Crippen molar-refractivity contribution in [2.75, 3.05) is 26.2 Å². The molecule has 2 aromatic rings. The minimum Gasteiger partial charge on any atom is -0.480 e. The van der Waals surface area contributed by atoms with E-state index < -0.39 is 5.97 Å². The van der Waals surface area contributed by atoms with Gasteiger partial charge in [0.05, 0.1) is 12.2 Å². The minimum absolute atomic E-state index is 0. The highest BCUT2D eigenvalue weighted by molar-refractivity contribution is 5.85. The lowest BCUT2D eigenvalue weighted by molar-refractivity contribution is -0.139. The summed E-state index contributed by atoms with van der Waals surface area (Å²) in [5, 5.41) is 9.05.